The number of carbonyl (C=O) groups excluding carboxylic acids is 3. The summed E-state index contributed by atoms with van der Waals surface area (Å²) in [5, 5.41) is 0. The molecule has 0 aliphatic heterocycles. The average Bonchev–Trinajstić information content (AvgIpc) is 2.20. The van der Waals surface area contributed by atoms with Crippen LogP contribution in [-0.2, 0) is 0 Å². The summed E-state index contributed by atoms with van der Waals surface area (Å²) in [5.41, 5.74) is 11.1. The normalized spacial score (nSPS) is 9.43. The highest BCUT2D eigenvalue weighted by Crippen LogP contribution is 2.23. The predicted molar refractivity (Wildman–Crippen MR) is 51.4 cm³/mol. The van der Waals surface area contributed by atoms with Crippen molar-refractivity contribution in [3.05, 3.63) is 22.8 Å². The first-order valence-electron chi connectivity index (χ1n) is 3.73. The zero-order chi connectivity index (χ0) is 10.7. The van der Waals surface area contributed by atoms with E-state index in [1.54, 1.807) is 0 Å². The second kappa shape index (κ2) is 3.69. The van der Waals surface area contributed by atoms with E-state index in [2.05, 4.69) is 0 Å². The van der Waals surface area contributed by atoms with E-state index < -0.39 is 0 Å². The van der Waals surface area contributed by atoms with Gasteiger partial charge in [0.15, 0.2) is 18.9 Å². The number of anilines is 2. The predicted octanol–water partition coefficient (Wildman–Crippen LogP) is 0.289. The van der Waals surface area contributed by atoms with Crippen molar-refractivity contribution in [2.24, 2.45) is 0 Å². The van der Waals surface area contributed by atoms with Gasteiger partial charge in [0.2, 0.25) is 0 Å². The van der Waals surface area contributed by atoms with Gasteiger partial charge in [-0.3, -0.25) is 14.4 Å². The lowest BCUT2D eigenvalue weighted by Crippen LogP contribution is -2.06. The van der Waals surface area contributed by atoms with Crippen LogP contribution < -0.4 is 11.5 Å². The van der Waals surface area contributed by atoms with Crippen molar-refractivity contribution in [3.8, 4) is 0 Å². The van der Waals surface area contributed by atoms with Crippen molar-refractivity contribution in [2.45, 2.75) is 0 Å². The summed E-state index contributed by atoms with van der Waals surface area (Å²) in [4.78, 5) is 31.7. The lowest BCUT2D eigenvalue weighted by molar-refractivity contribution is 0.109. The number of aldehydes is 3. The second-order valence-electron chi connectivity index (χ2n) is 2.65. The van der Waals surface area contributed by atoms with E-state index in [4.69, 9.17) is 11.5 Å². The summed E-state index contributed by atoms with van der Waals surface area (Å²) in [5.74, 6) is 0. The zero-order valence-electron chi connectivity index (χ0n) is 7.19. The Morgan fingerprint density at radius 1 is 0.929 bits per heavy atom. The zero-order valence-corrected chi connectivity index (χ0v) is 7.19. The molecule has 0 heterocycles. The summed E-state index contributed by atoms with van der Waals surface area (Å²) in [6, 6.07) is 1.26. The van der Waals surface area contributed by atoms with Crippen molar-refractivity contribution in [1.82, 2.24) is 0 Å². The largest absolute Gasteiger partial charge is 0.398 e. The van der Waals surface area contributed by atoms with E-state index in [9.17, 15) is 14.4 Å². The van der Waals surface area contributed by atoms with E-state index in [-0.39, 0.29) is 28.1 Å². The SMILES string of the molecule is Nc1cc(C=O)c(N)c(C=O)c1C=O. The summed E-state index contributed by atoms with van der Waals surface area (Å²) >= 11 is 0. The number of benzene rings is 1. The Morgan fingerprint density at radius 2 is 1.50 bits per heavy atom. The minimum atomic E-state index is -0.0397. The Morgan fingerprint density at radius 3 is 1.93 bits per heavy atom. The van der Waals surface area contributed by atoms with Crippen molar-refractivity contribution in [3.63, 3.8) is 0 Å². The van der Waals surface area contributed by atoms with Crippen LogP contribution in [0.3, 0.4) is 0 Å². The number of hydrogen-bond donors (Lipinski definition) is 2. The molecule has 5 nitrogen and oxygen atoms in total. The molecule has 0 unspecified atom stereocenters. The van der Waals surface area contributed by atoms with Crippen LogP contribution >= 0.6 is 0 Å². The van der Waals surface area contributed by atoms with Crippen LogP contribution in [0.1, 0.15) is 31.1 Å². The fourth-order valence-corrected chi connectivity index (χ4v) is 1.14. The molecule has 0 aliphatic rings. The van der Waals surface area contributed by atoms with Crippen molar-refractivity contribution in [1.29, 1.82) is 0 Å². The highest BCUT2D eigenvalue weighted by molar-refractivity contribution is 6.04. The lowest BCUT2D eigenvalue weighted by atomic mass is 10.0. The molecule has 0 atom stereocenters. The standard InChI is InChI=1S/C9H8N2O3/c10-8-1-5(2-12)9(11)7(4-14)6(8)3-13/h1-4H,10-11H2. The molecule has 0 saturated heterocycles. The van der Waals surface area contributed by atoms with E-state index in [0.29, 0.717) is 18.9 Å². The minimum absolute atomic E-state index is 0.0168. The third kappa shape index (κ3) is 1.35. The molecule has 14 heavy (non-hydrogen) atoms. The highest BCUT2D eigenvalue weighted by atomic mass is 16.1. The molecule has 1 rings (SSSR count). The molecule has 5 heteroatoms. The third-order valence-corrected chi connectivity index (χ3v) is 1.88. The smallest absolute Gasteiger partial charge is 0.152 e. The van der Waals surface area contributed by atoms with Gasteiger partial charge in [-0.1, -0.05) is 0 Å². The van der Waals surface area contributed by atoms with E-state index in [0.717, 1.165) is 0 Å². The van der Waals surface area contributed by atoms with Gasteiger partial charge in [-0.05, 0) is 6.07 Å². The lowest BCUT2D eigenvalue weighted by Gasteiger charge is -2.07. The Hall–Kier alpha value is -2.17. The first-order valence-corrected chi connectivity index (χ1v) is 3.73. The van der Waals surface area contributed by atoms with Crippen LogP contribution in [0.2, 0.25) is 0 Å². The maximum Gasteiger partial charge on any atom is 0.152 e. The second-order valence-corrected chi connectivity index (χ2v) is 2.65. The summed E-state index contributed by atoms with van der Waals surface area (Å²) in [7, 11) is 0. The quantitative estimate of drug-likeness (QED) is 0.529. The molecule has 72 valence electrons. The summed E-state index contributed by atoms with van der Waals surface area (Å²) in [6.45, 7) is 0. The molecule has 0 aliphatic carbocycles. The first-order chi connectivity index (χ1) is 6.65. The molecule has 0 aromatic heterocycles. The van der Waals surface area contributed by atoms with Gasteiger partial charge in [0.1, 0.15) is 0 Å². The van der Waals surface area contributed by atoms with Crippen molar-refractivity contribution >= 4 is 30.2 Å². The van der Waals surface area contributed by atoms with Crippen LogP contribution in [0, 0.1) is 0 Å². The van der Waals surface area contributed by atoms with Gasteiger partial charge in [0, 0.05) is 16.8 Å². The maximum atomic E-state index is 10.6. The Bertz CT molecular complexity index is 413. The number of nitrogens with two attached hydrogens (primary N) is 2. The van der Waals surface area contributed by atoms with Gasteiger partial charge in [0.05, 0.1) is 11.3 Å². The molecule has 0 bridgehead atoms. The van der Waals surface area contributed by atoms with Crippen molar-refractivity contribution in [2.75, 3.05) is 11.5 Å². The van der Waals surface area contributed by atoms with Crippen LogP contribution in [0.25, 0.3) is 0 Å². The Labute approximate surface area is 79.7 Å². The van der Waals surface area contributed by atoms with E-state index >= 15 is 0 Å². The van der Waals surface area contributed by atoms with Crippen LogP contribution in [0.4, 0.5) is 11.4 Å². The van der Waals surface area contributed by atoms with E-state index in [1.165, 1.54) is 6.07 Å². The number of carbonyl (C=O) groups is 3. The van der Waals surface area contributed by atoms with Gasteiger partial charge < -0.3 is 11.5 Å². The molecule has 0 amide bonds. The van der Waals surface area contributed by atoms with Gasteiger partial charge in [-0.25, -0.2) is 0 Å². The fraction of sp³-hybridized carbons (Fsp3) is 0. The first kappa shape index (κ1) is 9.91. The summed E-state index contributed by atoms with van der Waals surface area (Å²) < 4.78 is 0. The number of rotatable bonds is 3. The molecule has 0 fully saturated rings. The number of hydrogen-bond acceptors (Lipinski definition) is 5. The molecular weight excluding hydrogens is 184 g/mol. The molecule has 0 radical (unpaired) electrons. The topological polar surface area (TPSA) is 103 Å². The fourth-order valence-electron chi connectivity index (χ4n) is 1.14. The molecule has 1 aromatic carbocycles. The molecule has 0 saturated carbocycles. The average molecular weight is 192 g/mol. The van der Waals surface area contributed by atoms with Gasteiger partial charge in [-0.2, -0.15) is 0 Å². The van der Waals surface area contributed by atoms with Crippen molar-refractivity contribution < 1.29 is 14.4 Å². The van der Waals surface area contributed by atoms with Crippen LogP contribution in [-0.4, -0.2) is 18.9 Å². The molecule has 1 aromatic rings. The molecule has 4 N–H and O–H groups in total. The monoisotopic (exact) mass is 192 g/mol. The minimum Gasteiger partial charge on any atom is -0.398 e. The highest BCUT2D eigenvalue weighted by Gasteiger charge is 2.12. The van der Waals surface area contributed by atoms with E-state index in [1.807, 2.05) is 0 Å². The van der Waals surface area contributed by atoms with Crippen LogP contribution in [0.5, 0.6) is 0 Å². The number of nitrogen functional groups attached to an aromatic ring is 2. The Balaban J connectivity index is 3.63. The maximum absolute atomic E-state index is 10.6. The van der Waals surface area contributed by atoms with Gasteiger partial charge in [0.25, 0.3) is 0 Å². The summed E-state index contributed by atoms with van der Waals surface area (Å²) in [6.07, 6.45) is 1.32. The van der Waals surface area contributed by atoms with Crippen LogP contribution in [0.15, 0.2) is 6.07 Å². The third-order valence-electron chi connectivity index (χ3n) is 1.88. The van der Waals surface area contributed by atoms with Gasteiger partial charge >= 0.3 is 0 Å². The molecular formula is C9H8N2O3. The van der Waals surface area contributed by atoms with Gasteiger partial charge in [-0.15, -0.1) is 0 Å². The molecule has 0 spiro atoms. The Kier molecular flexibility index (Phi) is 2.62.